The predicted molar refractivity (Wildman–Crippen MR) is 134 cm³/mol. The molecule has 34 heavy (non-hydrogen) atoms. The molecule has 2 amide bonds. The van der Waals surface area contributed by atoms with Gasteiger partial charge in [-0.1, -0.05) is 12.1 Å². The van der Waals surface area contributed by atoms with Gasteiger partial charge >= 0.3 is 6.03 Å². The monoisotopic (exact) mass is 474 g/mol. The molecule has 0 unspecified atom stereocenters. The highest BCUT2D eigenvalue weighted by Gasteiger charge is 2.23. The SMILES string of the molecule is COc1cccc(Cc2nsc(N3CCN(C(=O)Nc4ccc(-n5cccc5)cc4)CC3)n2)c1. The van der Waals surface area contributed by atoms with Gasteiger partial charge in [-0.2, -0.15) is 4.37 Å². The van der Waals surface area contributed by atoms with Crippen LogP contribution in [0.25, 0.3) is 5.69 Å². The van der Waals surface area contributed by atoms with E-state index in [9.17, 15) is 4.79 Å². The Morgan fingerprint density at radius 3 is 2.53 bits per heavy atom. The molecule has 5 rings (SSSR count). The van der Waals surface area contributed by atoms with Crippen LogP contribution in [0.1, 0.15) is 11.4 Å². The number of benzene rings is 2. The minimum Gasteiger partial charge on any atom is -0.497 e. The standard InChI is InChI=1S/C25H26N6O2S/c1-33-22-6-4-5-19(17-22)18-23-27-25(34-28-23)31-15-13-30(14-16-31)24(32)26-20-7-9-21(10-8-20)29-11-2-3-12-29/h2-12,17H,13-16,18H2,1H3,(H,26,32). The normalized spacial score (nSPS) is 13.7. The Kier molecular flexibility index (Phi) is 6.44. The first kappa shape index (κ1) is 22.0. The largest absolute Gasteiger partial charge is 0.497 e. The van der Waals surface area contributed by atoms with Gasteiger partial charge in [0.2, 0.25) is 5.13 Å². The lowest BCUT2D eigenvalue weighted by Crippen LogP contribution is -2.50. The molecule has 2 aromatic carbocycles. The van der Waals surface area contributed by atoms with Gasteiger partial charge in [-0.3, -0.25) is 0 Å². The van der Waals surface area contributed by atoms with Gasteiger partial charge in [0.25, 0.3) is 0 Å². The van der Waals surface area contributed by atoms with Crippen LogP contribution in [0, 0.1) is 0 Å². The van der Waals surface area contributed by atoms with Crippen molar-refractivity contribution >= 4 is 28.4 Å². The summed E-state index contributed by atoms with van der Waals surface area (Å²) in [5, 5.41) is 3.90. The molecule has 8 nitrogen and oxygen atoms in total. The molecule has 0 bridgehead atoms. The average molecular weight is 475 g/mol. The van der Waals surface area contributed by atoms with E-state index in [1.165, 1.54) is 11.5 Å². The highest BCUT2D eigenvalue weighted by Crippen LogP contribution is 2.22. The van der Waals surface area contributed by atoms with E-state index in [1.807, 2.05) is 76.5 Å². The number of nitrogens with one attached hydrogen (secondary N) is 1. The second-order valence-corrected chi connectivity index (χ2v) is 8.79. The van der Waals surface area contributed by atoms with Gasteiger partial charge in [0.05, 0.1) is 7.11 Å². The second kappa shape index (κ2) is 9.96. The Hall–Kier alpha value is -3.85. The quantitative estimate of drug-likeness (QED) is 0.451. The molecule has 1 aliphatic heterocycles. The van der Waals surface area contributed by atoms with Crippen LogP contribution in [0.3, 0.4) is 0 Å². The number of rotatable bonds is 6. The Balaban J connectivity index is 1.13. The Morgan fingerprint density at radius 2 is 1.79 bits per heavy atom. The highest BCUT2D eigenvalue weighted by molar-refractivity contribution is 7.09. The fourth-order valence-corrected chi connectivity index (χ4v) is 4.67. The summed E-state index contributed by atoms with van der Waals surface area (Å²) in [5.41, 5.74) is 2.96. The van der Waals surface area contributed by atoms with Crippen LogP contribution in [0.2, 0.25) is 0 Å². The summed E-state index contributed by atoms with van der Waals surface area (Å²) < 4.78 is 11.9. The number of carbonyl (C=O) groups is 1. The summed E-state index contributed by atoms with van der Waals surface area (Å²) in [6.07, 6.45) is 4.65. The first-order chi connectivity index (χ1) is 16.7. The van der Waals surface area contributed by atoms with Crippen molar-refractivity contribution in [3.05, 3.63) is 84.4 Å². The Labute approximate surface area is 202 Å². The number of methoxy groups -OCH3 is 1. The Morgan fingerprint density at radius 1 is 1.03 bits per heavy atom. The molecule has 0 atom stereocenters. The van der Waals surface area contributed by atoms with Gasteiger partial charge in [-0.25, -0.2) is 9.78 Å². The molecule has 2 aromatic heterocycles. The zero-order chi connectivity index (χ0) is 23.3. The van der Waals surface area contributed by atoms with E-state index in [-0.39, 0.29) is 6.03 Å². The lowest BCUT2D eigenvalue weighted by molar-refractivity contribution is 0.208. The number of anilines is 2. The summed E-state index contributed by atoms with van der Waals surface area (Å²) in [4.78, 5) is 21.5. The van der Waals surface area contributed by atoms with Crippen LogP contribution < -0.4 is 15.0 Å². The number of urea groups is 1. The minimum absolute atomic E-state index is 0.0793. The third-order valence-electron chi connectivity index (χ3n) is 5.81. The van der Waals surface area contributed by atoms with Crippen molar-refractivity contribution in [2.24, 2.45) is 0 Å². The van der Waals surface area contributed by atoms with Crippen molar-refractivity contribution < 1.29 is 9.53 Å². The van der Waals surface area contributed by atoms with Crippen molar-refractivity contribution in [2.75, 3.05) is 43.5 Å². The van der Waals surface area contributed by atoms with Gasteiger partial charge in [0.1, 0.15) is 11.6 Å². The molecule has 0 spiro atoms. The number of aromatic nitrogens is 3. The molecule has 1 fully saturated rings. The van der Waals surface area contributed by atoms with E-state index in [2.05, 4.69) is 20.7 Å². The number of ether oxygens (including phenoxy) is 1. The van der Waals surface area contributed by atoms with Crippen molar-refractivity contribution in [2.45, 2.75) is 6.42 Å². The maximum atomic E-state index is 12.7. The number of carbonyl (C=O) groups excluding carboxylic acids is 1. The lowest BCUT2D eigenvalue weighted by atomic mass is 10.1. The van der Waals surface area contributed by atoms with Gasteiger partial charge < -0.3 is 24.4 Å². The van der Waals surface area contributed by atoms with Crippen molar-refractivity contribution in [3.8, 4) is 11.4 Å². The molecule has 174 valence electrons. The second-order valence-electron chi connectivity index (χ2n) is 8.06. The van der Waals surface area contributed by atoms with Crippen molar-refractivity contribution in [3.63, 3.8) is 0 Å². The lowest BCUT2D eigenvalue weighted by Gasteiger charge is -2.34. The summed E-state index contributed by atoms with van der Waals surface area (Å²) in [5.74, 6) is 1.64. The number of amides is 2. The van der Waals surface area contributed by atoms with Crippen LogP contribution in [0.4, 0.5) is 15.6 Å². The van der Waals surface area contributed by atoms with Gasteiger partial charge in [0, 0.05) is 67.9 Å². The number of nitrogens with zero attached hydrogens (tertiary/aromatic N) is 5. The van der Waals surface area contributed by atoms with Gasteiger partial charge in [-0.05, 0) is 54.1 Å². The molecule has 4 aromatic rings. The zero-order valence-electron chi connectivity index (χ0n) is 18.9. The first-order valence-electron chi connectivity index (χ1n) is 11.2. The molecule has 9 heteroatoms. The maximum absolute atomic E-state index is 12.7. The van der Waals surface area contributed by atoms with E-state index in [0.29, 0.717) is 19.5 Å². The molecule has 0 radical (unpaired) electrons. The molecule has 0 saturated carbocycles. The number of hydrogen-bond acceptors (Lipinski definition) is 6. The number of piperazine rings is 1. The molecular formula is C25H26N6O2S. The maximum Gasteiger partial charge on any atom is 0.321 e. The van der Waals surface area contributed by atoms with E-state index in [4.69, 9.17) is 9.72 Å². The molecule has 1 saturated heterocycles. The van der Waals surface area contributed by atoms with E-state index in [0.717, 1.165) is 46.7 Å². The van der Waals surface area contributed by atoms with Crippen LogP contribution >= 0.6 is 11.5 Å². The van der Waals surface area contributed by atoms with Crippen LogP contribution in [0.15, 0.2) is 73.1 Å². The third kappa shape index (κ3) is 5.04. The van der Waals surface area contributed by atoms with Crippen molar-refractivity contribution in [1.29, 1.82) is 0 Å². The van der Waals surface area contributed by atoms with E-state index < -0.39 is 0 Å². The molecule has 1 aliphatic rings. The van der Waals surface area contributed by atoms with Gasteiger partial charge in [0.15, 0.2) is 0 Å². The van der Waals surface area contributed by atoms with Gasteiger partial charge in [-0.15, -0.1) is 0 Å². The fraction of sp³-hybridized carbons (Fsp3) is 0.240. The van der Waals surface area contributed by atoms with E-state index >= 15 is 0 Å². The topological polar surface area (TPSA) is 75.5 Å². The molecule has 0 aliphatic carbocycles. The summed E-state index contributed by atoms with van der Waals surface area (Å²) >= 11 is 1.41. The fourth-order valence-electron chi connectivity index (χ4n) is 3.94. The average Bonchev–Trinajstić information content (AvgIpc) is 3.58. The smallest absolute Gasteiger partial charge is 0.321 e. The summed E-state index contributed by atoms with van der Waals surface area (Å²) in [6.45, 7) is 2.73. The first-order valence-corrected chi connectivity index (χ1v) is 11.9. The van der Waals surface area contributed by atoms with Crippen LogP contribution in [0.5, 0.6) is 5.75 Å². The van der Waals surface area contributed by atoms with E-state index in [1.54, 1.807) is 7.11 Å². The minimum atomic E-state index is -0.0793. The molecule has 1 N–H and O–H groups in total. The van der Waals surface area contributed by atoms with Crippen LogP contribution in [-0.2, 0) is 6.42 Å². The summed E-state index contributed by atoms with van der Waals surface area (Å²) in [6, 6.07) is 19.7. The Bertz CT molecular complexity index is 1230. The zero-order valence-corrected chi connectivity index (χ0v) is 19.7. The molecule has 3 heterocycles. The van der Waals surface area contributed by atoms with Crippen molar-refractivity contribution in [1.82, 2.24) is 18.8 Å². The third-order valence-corrected chi connectivity index (χ3v) is 6.63. The molecular weight excluding hydrogens is 448 g/mol. The highest BCUT2D eigenvalue weighted by atomic mass is 32.1. The predicted octanol–water partition coefficient (Wildman–Crippen LogP) is 4.28. The van der Waals surface area contributed by atoms with Crippen LogP contribution in [-0.4, -0.2) is 58.1 Å². The summed E-state index contributed by atoms with van der Waals surface area (Å²) in [7, 11) is 1.67. The number of hydrogen-bond donors (Lipinski definition) is 1.